The molecule has 0 saturated heterocycles. The van der Waals surface area contributed by atoms with Crippen LogP contribution < -0.4 is 4.74 Å². The highest BCUT2D eigenvalue weighted by atomic mass is 79.9. The Morgan fingerprint density at radius 3 is 3.14 bits per heavy atom. The van der Waals surface area contributed by atoms with E-state index < -0.39 is 0 Å². The average Bonchev–Trinajstić information content (AvgIpc) is 2.65. The van der Waals surface area contributed by atoms with Gasteiger partial charge in [0.05, 0.1) is 5.02 Å². The van der Waals surface area contributed by atoms with Gasteiger partial charge in [-0.1, -0.05) is 39.7 Å². The first kappa shape index (κ1) is 8.81. The summed E-state index contributed by atoms with van der Waals surface area (Å²) in [5.74, 6) is 1.27. The van der Waals surface area contributed by atoms with Gasteiger partial charge in [-0.15, -0.1) is 0 Å². The number of fused-ring (bicyclic) bond motifs is 3. The maximum atomic E-state index is 6.11. The number of hydrogen-bond acceptors (Lipinski definition) is 1. The van der Waals surface area contributed by atoms with E-state index in [1.165, 1.54) is 5.56 Å². The van der Waals surface area contributed by atoms with Crippen LogP contribution in [0.2, 0.25) is 5.02 Å². The van der Waals surface area contributed by atoms with E-state index in [2.05, 4.69) is 34.1 Å². The predicted octanol–water partition coefficient (Wildman–Crippen LogP) is 3.91. The van der Waals surface area contributed by atoms with Gasteiger partial charge in [-0.05, 0) is 12.1 Å². The van der Waals surface area contributed by atoms with E-state index >= 15 is 0 Å². The molecule has 1 nitrogen and oxygen atoms in total. The summed E-state index contributed by atoms with van der Waals surface area (Å²) in [6.45, 7) is 0. The fourth-order valence-electron chi connectivity index (χ4n) is 2.16. The summed E-state index contributed by atoms with van der Waals surface area (Å²) in [6, 6.07) is 3.98. The zero-order valence-electron chi connectivity index (χ0n) is 7.34. The summed E-state index contributed by atoms with van der Waals surface area (Å²) in [5.41, 5.74) is 1.21. The normalized spacial score (nSPS) is 27.3. The van der Waals surface area contributed by atoms with Crippen LogP contribution in [0.4, 0.5) is 0 Å². The molecular formula is C11H8BrClO. The molecule has 2 atom stereocenters. The van der Waals surface area contributed by atoms with Gasteiger partial charge in [-0.25, -0.2) is 0 Å². The van der Waals surface area contributed by atoms with Crippen molar-refractivity contribution in [3.63, 3.8) is 0 Å². The quantitative estimate of drug-likeness (QED) is 0.650. The summed E-state index contributed by atoms with van der Waals surface area (Å²) in [7, 11) is 0. The molecule has 0 aromatic heterocycles. The maximum absolute atomic E-state index is 6.11. The van der Waals surface area contributed by atoms with Crippen LogP contribution in [0, 0.1) is 0 Å². The number of ether oxygens (including phenoxy) is 1. The van der Waals surface area contributed by atoms with Crippen LogP contribution >= 0.6 is 27.5 Å². The van der Waals surface area contributed by atoms with Gasteiger partial charge in [0.15, 0.2) is 0 Å². The highest BCUT2D eigenvalue weighted by molar-refractivity contribution is 9.10. The minimum Gasteiger partial charge on any atom is -0.487 e. The maximum Gasteiger partial charge on any atom is 0.142 e. The van der Waals surface area contributed by atoms with E-state index in [-0.39, 0.29) is 6.10 Å². The van der Waals surface area contributed by atoms with E-state index in [4.69, 9.17) is 16.3 Å². The molecule has 14 heavy (non-hydrogen) atoms. The molecule has 0 bridgehead atoms. The van der Waals surface area contributed by atoms with E-state index in [1.54, 1.807) is 0 Å². The largest absolute Gasteiger partial charge is 0.487 e. The van der Waals surface area contributed by atoms with Crippen molar-refractivity contribution in [3.05, 3.63) is 39.3 Å². The lowest BCUT2D eigenvalue weighted by Gasteiger charge is -2.07. The molecule has 1 heterocycles. The Morgan fingerprint density at radius 2 is 2.29 bits per heavy atom. The van der Waals surface area contributed by atoms with E-state index in [0.29, 0.717) is 10.9 Å². The van der Waals surface area contributed by atoms with Crippen LogP contribution in [0.25, 0.3) is 0 Å². The van der Waals surface area contributed by atoms with Crippen molar-refractivity contribution in [3.8, 4) is 5.75 Å². The first-order valence-corrected chi connectivity index (χ1v) is 5.75. The standard InChI is InChI=1S/C11H8BrClO/c12-6-4-8-7-2-1-3-10(7)14-11(8)9(13)5-6/h1-2,4-5,7,10H,3H2/t7-,10-/m1/s1. The van der Waals surface area contributed by atoms with Gasteiger partial charge < -0.3 is 4.74 Å². The molecule has 0 N–H and O–H groups in total. The number of rotatable bonds is 0. The van der Waals surface area contributed by atoms with Gasteiger partial charge in [0.2, 0.25) is 0 Å². The van der Waals surface area contributed by atoms with Crippen LogP contribution in [0.3, 0.4) is 0 Å². The van der Waals surface area contributed by atoms with Crippen molar-refractivity contribution in [2.24, 2.45) is 0 Å². The van der Waals surface area contributed by atoms with Crippen molar-refractivity contribution in [1.82, 2.24) is 0 Å². The number of hydrogen-bond donors (Lipinski definition) is 0. The average molecular weight is 272 g/mol. The van der Waals surface area contributed by atoms with Crippen molar-refractivity contribution in [2.75, 3.05) is 0 Å². The predicted molar refractivity (Wildman–Crippen MR) is 60.1 cm³/mol. The molecule has 1 aliphatic carbocycles. The lowest BCUT2D eigenvalue weighted by molar-refractivity contribution is 0.232. The summed E-state index contributed by atoms with van der Waals surface area (Å²) in [6.07, 6.45) is 5.65. The Balaban J connectivity index is 2.19. The fraction of sp³-hybridized carbons (Fsp3) is 0.273. The number of benzene rings is 1. The molecule has 2 aliphatic rings. The van der Waals surface area contributed by atoms with Gasteiger partial charge in [0.25, 0.3) is 0 Å². The van der Waals surface area contributed by atoms with Crippen molar-refractivity contribution >= 4 is 27.5 Å². The van der Waals surface area contributed by atoms with Gasteiger partial charge in [0.1, 0.15) is 11.9 Å². The Labute approximate surface area is 95.8 Å². The smallest absolute Gasteiger partial charge is 0.142 e. The molecule has 72 valence electrons. The van der Waals surface area contributed by atoms with Gasteiger partial charge in [-0.2, -0.15) is 0 Å². The van der Waals surface area contributed by atoms with Gasteiger partial charge in [-0.3, -0.25) is 0 Å². The Morgan fingerprint density at radius 1 is 1.43 bits per heavy atom. The van der Waals surface area contributed by atoms with Gasteiger partial charge >= 0.3 is 0 Å². The topological polar surface area (TPSA) is 9.23 Å². The van der Waals surface area contributed by atoms with Crippen LogP contribution in [-0.4, -0.2) is 6.10 Å². The molecule has 0 saturated carbocycles. The van der Waals surface area contributed by atoms with E-state index in [0.717, 1.165) is 16.6 Å². The highest BCUT2D eigenvalue weighted by Gasteiger charge is 2.36. The Bertz CT molecular complexity index is 428. The van der Waals surface area contributed by atoms with Crippen molar-refractivity contribution in [1.29, 1.82) is 0 Å². The van der Waals surface area contributed by atoms with E-state index in [1.807, 2.05) is 6.07 Å². The molecular weight excluding hydrogens is 263 g/mol. The fourth-order valence-corrected chi connectivity index (χ4v) is 3.04. The molecule has 1 aromatic rings. The number of halogens is 2. The molecule has 0 fully saturated rings. The third-order valence-electron chi connectivity index (χ3n) is 2.78. The van der Waals surface area contributed by atoms with Crippen LogP contribution in [0.5, 0.6) is 5.75 Å². The lowest BCUT2D eigenvalue weighted by Crippen LogP contribution is -2.11. The Kier molecular flexibility index (Phi) is 1.89. The van der Waals surface area contributed by atoms with Crippen molar-refractivity contribution < 1.29 is 4.74 Å². The van der Waals surface area contributed by atoms with E-state index in [9.17, 15) is 0 Å². The van der Waals surface area contributed by atoms with Crippen LogP contribution in [0.1, 0.15) is 17.9 Å². The highest BCUT2D eigenvalue weighted by Crippen LogP contribution is 2.48. The van der Waals surface area contributed by atoms with Crippen LogP contribution in [-0.2, 0) is 0 Å². The minimum absolute atomic E-state index is 0.275. The molecule has 0 unspecified atom stereocenters. The summed E-state index contributed by atoms with van der Waals surface area (Å²) in [5, 5.41) is 0.706. The lowest BCUT2D eigenvalue weighted by atomic mass is 9.99. The molecule has 0 spiro atoms. The van der Waals surface area contributed by atoms with Gasteiger partial charge in [0, 0.05) is 22.4 Å². The molecule has 3 rings (SSSR count). The molecule has 0 amide bonds. The first-order valence-electron chi connectivity index (χ1n) is 4.58. The summed E-state index contributed by atoms with van der Waals surface area (Å²) >= 11 is 9.56. The second-order valence-corrected chi connectivity index (χ2v) is 4.97. The third-order valence-corrected chi connectivity index (χ3v) is 3.52. The zero-order chi connectivity index (χ0) is 9.71. The van der Waals surface area contributed by atoms with Crippen LogP contribution in [0.15, 0.2) is 28.8 Å². The Hall–Kier alpha value is -0.470. The second kappa shape index (κ2) is 3.01. The monoisotopic (exact) mass is 270 g/mol. The SMILES string of the molecule is Clc1cc(Br)cc2c1O[C@@H]1CC=C[C@H]21. The summed E-state index contributed by atoms with van der Waals surface area (Å²) < 4.78 is 6.82. The summed E-state index contributed by atoms with van der Waals surface area (Å²) in [4.78, 5) is 0. The zero-order valence-corrected chi connectivity index (χ0v) is 9.68. The molecule has 1 aliphatic heterocycles. The van der Waals surface area contributed by atoms with Crippen molar-refractivity contribution in [2.45, 2.75) is 18.4 Å². The molecule has 0 radical (unpaired) electrons. The minimum atomic E-state index is 0.275. The molecule has 1 aromatic carbocycles. The third kappa shape index (κ3) is 1.14. The molecule has 3 heteroatoms. The second-order valence-electron chi connectivity index (χ2n) is 3.65. The first-order chi connectivity index (χ1) is 6.75.